The minimum absolute atomic E-state index is 0.0110. The van der Waals surface area contributed by atoms with Crippen LogP contribution in [0.5, 0.6) is 5.75 Å². The van der Waals surface area contributed by atoms with Crippen LogP contribution in [0.15, 0.2) is 57.8 Å². The van der Waals surface area contributed by atoms with Gasteiger partial charge in [-0.05, 0) is 60.3 Å². The fraction of sp³-hybridized carbons (Fsp3) is 0.304. The molecule has 13 nitrogen and oxygen atoms in total. The van der Waals surface area contributed by atoms with Crippen LogP contribution < -0.4 is 5.32 Å². The number of nitrogens with zero attached hydrogens (tertiary/aromatic N) is 6. The van der Waals surface area contributed by atoms with Crippen LogP contribution in [-0.4, -0.2) is 47.0 Å². The smallest absolute Gasteiger partial charge is 0.363 e. The SMILES string of the molecule is [N-]=[N+]=NCCCC(=O)NCCc1ccc(N=Nc2ccc(C(=O)ON3C(=O)CCC3=O)cc2)c(O)c1. The maximum Gasteiger partial charge on any atom is 0.363 e. The molecule has 36 heavy (non-hydrogen) atoms. The number of carbonyl (C=O) groups excluding carboxylic acids is 4. The number of phenols is 1. The van der Waals surface area contributed by atoms with E-state index >= 15 is 0 Å². The van der Waals surface area contributed by atoms with Crippen LogP contribution in [0, 0.1) is 0 Å². The van der Waals surface area contributed by atoms with Crippen molar-refractivity contribution in [3.8, 4) is 5.75 Å². The number of hydrogen-bond donors (Lipinski definition) is 2. The highest BCUT2D eigenvalue weighted by Crippen LogP contribution is 2.29. The molecule has 3 amide bonds. The molecule has 0 aliphatic carbocycles. The highest BCUT2D eigenvalue weighted by molar-refractivity contribution is 6.02. The number of azide groups is 1. The fourth-order valence-corrected chi connectivity index (χ4v) is 3.17. The topological polar surface area (TPSA) is 186 Å². The Balaban J connectivity index is 1.49. The zero-order valence-electron chi connectivity index (χ0n) is 19.2. The molecule has 3 rings (SSSR count). The third-order valence-electron chi connectivity index (χ3n) is 5.06. The zero-order valence-corrected chi connectivity index (χ0v) is 19.2. The Kier molecular flexibility index (Phi) is 9.06. The molecule has 0 aromatic heterocycles. The Morgan fingerprint density at radius 2 is 1.81 bits per heavy atom. The molecule has 1 fully saturated rings. The fourth-order valence-electron chi connectivity index (χ4n) is 3.17. The third-order valence-corrected chi connectivity index (χ3v) is 5.06. The summed E-state index contributed by atoms with van der Waals surface area (Å²) in [5.74, 6) is -2.20. The van der Waals surface area contributed by atoms with E-state index in [0.717, 1.165) is 5.56 Å². The highest BCUT2D eigenvalue weighted by Gasteiger charge is 2.33. The second-order valence-electron chi connectivity index (χ2n) is 7.69. The molecule has 13 heteroatoms. The first-order chi connectivity index (χ1) is 17.4. The van der Waals surface area contributed by atoms with Gasteiger partial charge in [-0.1, -0.05) is 11.2 Å². The Morgan fingerprint density at radius 1 is 1.08 bits per heavy atom. The molecule has 1 heterocycles. The third kappa shape index (κ3) is 7.37. The predicted molar refractivity (Wildman–Crippen MR) is 125 cm³/mol. The quantitative estimate of drug-likeness (QED) is 0.157. The average Bonchev–Trinajstić information content (AvgIpc) is 3.18. The van der Waals surface area contributed by atoms with Crippen LogP contribution in [0.25, 0.3) is 10.4 Å². The number of imide groups is 1. The van der Waals surface area contributed by atoms with E-state index in [1.807, 2.05) is 0 Å². The van der Waals surface area contributed by atoms with Crippen LogP contribution in [0.4, 0.5) is 11.4 Å². The molecular weight excluding hydrogens is 470 g/mol. The standard InChI is InChI=1S/C23H23N7O6/c24-29-26-12-1-2-20(32)25-13-11-15-3-8-18(19(31)14-15)28-27-17-6-4-16(5-7-17)23(35)36-30-21(33)9-10-22(30)34/h3-8,14,31H,1-2,9-13H2,(H,25,32). The van der Waals surface area contributed by atoms with E-state index in [1.54, 1.807) is 12.1 Å². The van der Waals surface area contributed by atoms with E-state index in [1.165, 1.54) is 30.3 Å². The van der Waals surface area contributed by atoms with Crippen molar-refractivity contribution in [1.29, 1.82) is 0 Å². The molecule has 2 N–H and O–H groups in total. The van der Waals surface area contributed by atoms with Crippen LogP contribution >= 0.6 is 0 Å². The number of benzene rings is 2. The van der Waals surface area contributed by atoms with E-state index in [-0.39, 0.29) is 48.7 Å². The lowest BCUT2D eigenvalue weighted by Crippen LogP contribution is -2.32. The monoisotopic (exact) mass is 493 g/mol. The van der Waals surface area contributed by atoms with Crippen molar-refractivity contribution in [2.75, 3.05) is 13.1 Å². The summed E-state index contributed by atoms with van der Waals surface area (Å²) in [6.45, 7) is 0.656. The van der Waals surface area contributed by atoms with Gasteiger partial charge in [0.05, 0.1) is 11.3 Å². The van der Waals surface area contributed by atoms with Crippen molar-refractivity contribution >= 4 is 35.1 Å². The van der Waals surface area contributed by atoms with Crippen LogP contribution in [0.3, 0.4) is 0 Å². The molecule has 0 saturated carbocycles. The molecule has 2 aromatic carbocycles. The van der Waals surface area contributed by atoms with E-state index in [4.69, 9.17) is 10.4 Å². The molecule has 1 saturated heterocycles. The summed E-state index contributed by atoms with van der Waals surface area (Å²) in [6, 6.07) is 10.7. The van der Waals surface area contributed by atoms with Crippen molar-refractivity contribution in [1.82, 2.24) is 10.4 Å². The Morgan fingerprint density at radius 3 is 2.47 bits per heavy atom. The van der Waals surface area contributed by atoms with Gasteiger partial charge < -0.3 is 15.3 Å². The second-order valence-corrected chi connectivity index (χ2v) is 7.69. The number of nitrogens with one attached hydrogen (secondary N) is 1. The summed E-state index contributed by atoms with van der Waals surface area (Å²) >= 11 is 0. The van der Waals surface area contributed by atoms with Crippen molar-refractivity contribution in [2.24, 2.45) is 15.3 Å². The number of aromatic hydroxyl groups is 1. The molecule has 0 unspecified atom stereocenters. The molecule has 0 spiro atoms. The summed E-state index contributed by atoms with van der Waals surface area (Å²) in [7, 11) is 0. The number of amides is 3. The first-order valence-corrected chi connectivity index (χ1v) is 11.1. The van der Waals surface area contributed by atoms with Gasteiger partial charge in [-0.3, -0.25) is 14.4 Å². The summed E-state index contributed by atoms with van der Waals surface area (Å²) in [6.07, 6.45) is 1.26. The maximum atomic E-state index is 12.1. The molecule has 1 aliphatic rings. The Bertz CT molecular complexity index is 1210. The lowest BCUT2D eigenvalue weighted by Gasteiger charge is -2.12. The highest BCUT2D eigenvalue weighted by atomic mass is 16.7. The lowest BCUT2D eigenvalue weighted by atomic mass is 10.1. The number of azo groups is 1. The van der Waals surface area contributed by atoms with Gasteiger partial charge in [0.2, 0.25) is 5.91 Å². The van der Waals surface area contributed by atoms with Gasteiger partial charge in [-0.15, -0.1) is 10.2 Å². The van der Waals surface area contributed by atoms with Gasteiger partial charge >= 0.3 is 5.97 Å². The van der Waals surface area contributed by atoms with E-state index in [2.05, 4.69) is 25.6 Å². The molecule has 0 radical (unpaired) electrons. The molecule has 186 valence electrons. The Hall–Kier alpha value is -4.77. The molecule has 1 aliphatic heterocycles. The van der Waals surface area contributed by atoms with Crippen molar-refractivity contribution in [2.45, 2.75) is 32.1 Å². The zero-order chi connectivity index (χ0) is 25.9. The summed E-state index contributed by atoms with van der Waals surface area (Å²) in [5.41, 5.74) is 9.74. The summed E-state index contributed by atoms with van der Waals surface area (Å²) in [5, 5.41) is 24.9. The van der Waals surface area contributed by atoms with Crippen LogP contribution in [0.1, 0.15) is 41.6 Å². The maximum absolute atomic E-state index is 12.1. The number of rotatable bonds is 11. The van der Waals surface area contributed by atoms with Gasteiger partial charge in [-0.2, -0.15) is 5.11 Å². The normalized spacial score (nSPS) is 13.1. The number of hydrogen-bond acceptors (Lipinski definition) is 9. The average molecular weight is 493 g/mol. The molecule has 0 bridgehead atoms. The van der Waals surface area contributed by atoms with Crippen molar-refractivity contribution < 1.29 is 29.1 Å². The minimum atomic E-state index is -0.848. The van der Waals surface area contributed by atoms with E-state index in [0.29, 0.717) is 30.1 Å². The largest absolute Gasteiger partial charge is 0.506 e. The van der Waals surface area contributed by atoms with Crippen molar-refractivity contribution in [3.05, 3.63) is 64.0 Å². The summed E-state index contributed by atoms with van der Waals surface area (Å²) in [4.78, 5) is 54.5. The first-order valence-electron chi connectivity index (χ1n) is 11.1. The van der Waals surface area contributed by atoms with E-state index < -0.39 is 17.8 Å². The predicted octanol–water partition coefficient (Wildman–Crippen LogP) is 3.78. The second kappa shape index (κ2) is 12.6. The van der Waals surface area contributed by atoms with Gasteiger partial charge in [0.1, 0.15) is 11.4 Å². The van der Waals surface area contributed by atoms with Gasteiger partial charge in [-0.25, -0.2) is 4.79 Å². The van der Waals surface area contributed by atoms with Gasteiger partial charge in [0, 0.05) is 37.3 Å². The Labute approximate surface area is 205 Å². The molecule has 2 aromatic rings. The van der Waals surface area contributed by atoms with Crippen LogP contribution in [-0.2, 0) is 25.6 Å². The minimum Gasteiger partial charge on any atom is -0.506 e. The van der Waals surface area contributed by atoms with Crippen LogP contribution in [0.2, 0.25) is 0 Å². The van der Waals surface area contributed by atoms with Gasteiger partial charge in [0.25, 0.3) is 11.8 Å². The number of carbonyl (C=O) groups is 4. The molecular formula is C23H23N7O6. The lowest BCUT2D eigenvalue weighted by molar-refractivity contribution is -0.172. The molecule has 0 atom stereocenters. The van der Waals surface area contributed by atoms with E-state index in [9.17, 15) is 24.3 Å². The summed E-state index contributed by atoms with van der Waals surface area (Å²) < 4.78 is 0. The number of phenolic OH excluding ortho intramolecular Hbond substituents is 1. The van der Waals surface area contributed by atoms with Gasteiger partial charge in [0.15, 0.2) is 0 Å². The van der Waals surface area contributed by atoms with Crippen molar-refractivity contribution in [3.63, 3.8) is 0 Å². The first kappa shape index (κ1) is 25.8. The number of hydroxylamine groups is 2.